The molecule has 0 aromatic heterocycles. The quantitative estimate of drug-likeness (QED) is 0.769. The van der Waals surface area contributed by atoms with Crippen molar-refractivity contribution >= 4 is 45.2 Å². The molecular formula is C12H13BrClN3O2. The molecule has 1 fully saturated rings. The van der Waals surface area contributed by atoms with E-state index in [1.54, 1.807) is 12.1 Å². The summed E-state index contributed by atoms with van der Waals surface area (Å²) in [5.41, 5.74) is 1.51. The molecule has 0 radical (unpaired) electrons. The molecule has 0 saturated carbocycles. The average molecular weight is 347 g/mol. The molecule has 3 N–H and O–H groups in total. The van der Waals surface area contributed by atoms with Gasteiger partial charge in [-0.3, -0.25) is 4.79 Å². The monoisotopic (exact) mass is 345 g/mol. The number of carbonyl (C=O) groups is 2. The number of rotatable bonds is 2. The largest absolute Gasteiger partial charge is 0.354 e. The number of urea groups is 1. The molecule has 5 nitrogen and oxygen atoms in total. The Morgan fingerprint density at radius 2 is 2.26 bits per heavy atom. The third-order valence-corrected chi connectivity index (χ3v) is 3.98. The first-order valence-corrected chi connectivity index (χ1v) is 6.92. The van der Waals surface area contributed by atoms with Gasteiger partial charge in [-0.25, -0.2) is 4.79 Å². The standard InChI is InChI=1S/C12H13BrClN3O2/c1-6-2-9(14)10(4-8(6)13)17-12(19)16-7-3-11(18)15-5-7/h2,4,7H,3,5H2,1H3,(H,15,18)(H2,16,17,19). The van der Waals surface area contributed by atoms with Gasteiger partial charge in [0.2, 0.25) is 5.91 Å². The van der Waals surface area contributed by atoms with Crippen LogP contribution in [0, 0.1) is 6.92 Å². The molecule has 1 atom stereocenters. The van der Waals surface area contributed by atoms with Gasteiger partial charge in [-0.2, -0.15) is 0 Å². The molecule has 3 amide bonds. The number of benzene rings is 1. The summed E-state index contributed by atoms with van der Waals surface area (Å²) in [5, 5.41) is 8.50. The van der Waals surface area contributed by atoms with Gasteiger partial charge in [0.25, 0.3) is 0 Å². The summed E-state index contributed by atoms with van der Waals surface area (Å²) in [6.45, 7) is 2.37. The lowest BCUT2D eigenvalue weighted by molar-refractivity contribution is -0.119. The van der Waals surface area contributed by atoms with Gasteiger partial charge in [-0.05, 0) is 24.6 Å². The van der Waals surface area contributed by atoms with E-state index in [1.807, 2.05) is 6.92 Å². The molecule has 0 aliphatic carbocycles. The maximum absolute atomic E-state index is 11.8. The van der Waals surface area contributed by atoms with Crippen molar-refractivity contribution in [1.82, 2.24) is 10.6 Å². The minimum atomic E-state index is -0.376. The van der Waals surface area contributed by atoms with E-state index in [4.69, 9.17) is 11.6 Å². The summed E-state index contributed by atoms with van der Waals surface area (Å²) in [7, 11) is 0. The van der Waals surface area contributed by atoms with Crippen LogP contribution in [0.15, 0.2) is 16.6 Å². The number of hydrogen-bond acceptors (Lipinski definition) is 2. The minimum absolute atomic E-state index is 0.0542. The molecule has 102 valence electrons. The minimum Gasteiger partial charge on any atom is -0.354 e. The predicted octanol–water partition coefficient (Wildman–Crippen LogP) is 2.42. The van der Waals surface area contributed by atoms with E-state index in [-0.39, 0.29) is 18.0 Å². The maximum atomic E-state index is 11.8. The lowest BCUT2D eigenvalue weighted by atomic mass is 10.2. The second-order valence-electron chi connectivity index (χ2n) is 4.38. The molecule has 1 saturated heterocycles. The van der Waals surface area contributed by atoms with Crippen LogP contribution in [0.25, 0.3) is 0 Å². The Hall–Kier alpha value is -1.27. The third-order valence-electron chi connectivity index (χ3n) is 2.81. The molecule has 19 heavy (non-hydrogen) atoms. The topological polar surface area (TPSA) is 70.2 Å². The zero-order valence-corrected chi connectivity index (χ0v) is 12.6. The number of aryl methyl sites for hydroxylation is 1. The van der Waals surface area contributed by atoms with Crippen LogP contribution in [0.2, 0.25) is 5.02 Å². The van der Waals surface area contributed by atoms with Gasteiger partial charge in [0.1, 0.15) is 0 Å². The van der Waals surface area contributed by atoms with E-state index in [1.165, 1.54) is 0 Å². The van der Waals surface area contributed by atoms with Gasteiger partial charge in [-0.15, -0.1) is 0 Å². The highest BCUT2D eigenvalue weighted by Gasteiger charge is 2.23. The second kappa shape index (κ2) is 5.79. The van der Waals surface area contributed by atoms with Crippen molar-refractivity contribution in [3.63, 3.8) is 0 Å². The van der Waals surface area contributed by atoms with Crippen LogP contribution in [0.1, 0.15) is 12.0 Å². The van der Waals surface area contributed by atoms with Gasteiger partial charge in [0, 0.05) is 17.4 Å². The fraction of sp³-hybridized carbons (Fsp3) is 0.333. The van der Waals surface area contributed by atoms with Crippen LogP contribution in [0.4, 0.5) is 10.5 Å². The molecule has 1 unspecified atom stereocenters. The number of hydrogen-bond donors (Lipinski definition) is 3. The van der Waals surface area contributed by atoms with Crippen LogP contribution in [-0.2, 0) is 4.79 Å². The van der Waals surface area contributed by atoms with Crippen LogP contribution < -0.4 is 16.0 Å². The van der Waals surface area contributed by atoms with Crippen LogP contribution in [0.5, 0.6) is 0 Å². The Balaban J connectivity index is 1.99. The fourth-order valence-corrected chi connectivity index (χ4v) is 2.40. The Labute approximate surface area is 124 Å². The molecule has 1 aliphatic heterocycles. The second-order valence-corrected chi connectivity index (χ2v) is 5.65. The van der Waals surface area contributed by atoms with E-state index >= 15 is 0 Å². The van der Waals surface area contributed by atoms with E-state index in [2.05, 4.69) is 31.9 Å². The highest BCUT2D eigenvalue weighted by molar-refractivity contribution is 9.10. The zero-order chi connectivity index (χ0) is 14.0. The first-order chi connectivity index (χ1) is 8.95. The molecule has 1 aromatic carbocycles. The Bertz CT molecular complexity index is 536. The van der Waals surface area contributed by atoms with Crippen molar-refractivity contribution in [1.29, 1.82) is 0 Å². The summed E-state index contributed by atoms with van der Waals surface area (Å²) in [6, 6.07) is 2.95. The number of nitrogens with one attached hydrogen (secondary N) is 3. The van der Waals surface area contributed by atoms with Crippen LogP contribution in [-0.4, -0.2) is 24.5 Å². The summed E-state index contributed by atoms with van der Waals surface area (Å²) >= 11 is 9.44. The molecule has 2 rings (SSSR count). The number of anilines is 1. The van der Waals surface area contributed by atoms with Gasteiger partial charge in [-0.1, -0.05) is 27.5 Å². The molecule has 0 bridgehead atoms. The van der Waals surface area contributed by atoms with Crippen molar-refractivity contribution < 1.29 is 9.59 Å². The number of carbonyl (C=O) groups excluding carboxylic acids is 2. The fourth-order valence-electron chi connectivity index (χ4n) is 1.79. The Kier molecular flexibility index (Phi) is 4.31. The van der Waals surface area contributed by atoms with Crippen molar-refractivity contribution in [2.75, 3.05) is 11.9 Å². The molecule has 7 heteroatoms. The van der Waals surface area contributed by atoms with E-state index in [0.29, 0.717) is 23.7 Å². The number of amides is 3. The molecular weight excluding hydrogens is 334 g/mol. The maximum Gasteiger partial charge on any atom is 0.319 e. The molecule has 1 aliphatic rings. The lowest BCUT2D eigenvalue weighted by Crippen LogP contribution is -2.39. The highest BCUT2D eigenvalue weighted by Crippen LogP contribution is 2.28. The summed E-state index contributed by atoms with van der Waals surface area (Å²) in [4.78, 5) is 22.8. The first-order valence-electron chi connectivity index (χ1n) is 5.75. The van der Waals surface area contributed by atoms with Gasteiger partial charge in [0.15, 0.2) is 0 Å². The van der Waals surface area contributed by atoms with Gasteiger partial charge >= 0.3 is 6.03 Å². The van der Waals surface area contributed by atoms with Gasteiger partial charge in [0.05, 0.1) is 16.8 Å². The predicted molar refractivity (Wildman–Crippen MR) is 77.5 cm³/mol. The van der Waals surface area contributed by atoms with Crippen molar-refractivity contribution in [3.8, 4) is 0 Å². The van der Waals surface area contributed by atoms with Crippen molar-refractivity contribution in [3.05, 3.63) is 27.2 Å². The highest BCUT2D eigenvalue weighted by atomic mass is 79.9. The Morgan fingerprint density at radius 1 is 1.53 bits per heavy atom. The molecule has 0 spiro atoms. The average Bonchev–Trinajstić information content (AvgIpc) is 2.71. The van der Waals surface area contributed by atoms with E-state index < -0.39 is 0 Å². The zero-order valence-electron chi connectivity index (χ0n) is 10.2. The molecule has 1 aromatic rings. The lowest BCUT2D eigenvalue weighted by Gasteiger charge is -2.13. The van der Waals surface area contributed by atoms with Crippen molar-refractivity contribution in [2.24, 2.45) is 0 Å². The van der Waals surface area contributed by atoms with Crippen molar-refractivity contribution in [2.45, 2.75) is 19.4 Å². The number of halogens is 2. The summed E-state index contributed by atoms with van der Waals surface area (Å²) in [6.07, 6.45) is 0.304. The first kappa shape index (κ1) is 14.1. The van der Waals surface area contributed by atoms with Crippen LogP contribution in [0.3, 0.4) is 0 Å². The molecule has 1 heterocycles. The smallest absolute Gasteiger partial charge is 0.319 e. The third kappa shape index (κ3) is 3.61. The normalized spacial score (nSPS) is 18.1. The van der Waals surface area contributed by atoms with E-state index in [9.17, 15) is 9.59 Å². The SMILES string of the molecule is Cc1cc(Cl)c(NC(=O)NC2CNC(=O)C2)cc1Br. The Morgan fingerprint density at radius 3 is 2.89 bits per heavy atom. The van der Waals surface area contributed by atoms with Gasteiger partial charge < -0.3 is 16.0 Å². The summed E-state index contributed by atoms with van der Waals surface area (Å²) < 4.78 is 0.866. The summed E-state index contributed by atoms with van der Waals surface area (Å²) in [5.74, 6) is -0.0542. The van der Waals surface area contributed by atoms with Crippen LogP contribution >= 0.6 is 27.5 Å². The van der Waals surface area contributed by atoms with E-state index in [0.717, 1.165) is 10.0 Å².